The van der Waals surface area contributed by atoms with Crippen molar-refractivity contribution in [1.82, 2.24) is 0 Å². The molecule has 0 aromatic heterocycles. The smallest absolute Gasteiger partial charge is 0.119 e. The van der Waals surface area contributed by atoms with Gasteiger partial charge in [-0.2, -0.15) is 0 Å². The van der Waals surface area contributed by atoms with E-state index in [9.17, 15) is 0 Å². The van der Waals surface area contributed by atoms with Crippen LogP contribution in [0.4, 0.5) is 0 Å². The minimum Gasteiger partial charge on any atom is -0.493 e. The van der Waals surface area contributed by atoms with Crippen LogP contribution in [0.1, 0.15) is 141 Å². The summed E-state index contributed by atoms with van der Waals surface area (Å²) in [6.07, 6.45) is 25.9. The monoisotopic (exact) mass is 466 g/mol. The lowest BCUT2D eigenvalue weighted by molar-refractivity contribution is 0.122. The molecule has 1 aromatic rings. The van der Waals surface area contributed by atoms with Gasteiger partial charge in [-0.05, 0) is 117 Å². The second-order valence-corrected chi connectivity index (χ2v) is 12.4. The molecule has 3 saturated carbocycles. The van der Waals surface area contributed by atoms with Crippen LogP contribution in [-0.4, -0.2) is 6.61 Å². The Balaban J connectivity index is 1.12. The van der Waals surface area contributed by atoms with E-state index in [1.54, 1.807) is 5.56 Å². The van der Waals surface area contributed by atoms with Crippen molar-refractivity contribution in [3.05, 3.63) is 29.8 Å². The van der Waals surface area contributed by atoms with Crippen LogP contribution in [0.2, 0.25) is 0 Å². The maximum Gasteiger partial charge on any atom is 0.119 e. The van der Waals surface area contributed by atoms with Crippen molar-refractivity contribution >= 4 is 0 Å². The summed E-state index contributed by atoms with van der Waals surface area (Å²) >= 11 is 0. The molecule has 3 fully saturated rings. The summed E-state index contributed by atoms with van der Waals surface area (Å²) in [6.45, 7) is 5.59. The van der Waals surface area contributed by atoms with Gasteiger partial charge in [-0.3, -0.25) is 0 Å². The van der Waals surface area contributed by atoms with E-state index in [0.717, 1.165) is 47.9 Å². The number of unbranched alkanes of at least 4 members (excludes halogenated alkanes) is 2. The van der Waals surface area contributed by atoms with Crippen LogP contribution in [0.15, 0.2) is 24.3 Å². The molecule has 0 spiro atoms. The Labute approximate surface area is 211 Å². The molecule has 0 bridgehead atoms. The number of rotatable bonds is 11. The van der Waals surface area contributed by atoms with E-state index < -0.39 is 0 Å². The highest BCUT2D eigenvalue weighted by atomic mass is 16.5. The number of hydrogen-bond donors (Lipinski definition) is 0. The SMILES string of the molecule is CCCCCC1CCC(c2ccc(OCC3CCC(C4CCC(CCC)CC4)CC3)cc2)CC1. The Kier molecular flexibility index (Phi) is 10.7. The molecular formula is C33H54O. The quantitative estimate of drug-likeness (QED) is 0.295. The fourth-order valence-corrected chi connectivity index (χ4v) is 7.70. The minimum absolute atomic E-state index is 0.773. The highest BCUT2D eigenvalue weighted by Crippen LogP contribution is 2.42. The van der Waals surface area contributed by atoms with E-state index in [1.165, 1.54) is 116 Å². The number of ether oxygens (including phenoxy) is 1. The van der Waals surface area contributed by atoms with E-state index in [0.29, 0.717) is 0 Å². The lowest BCUT2D eigenvalue weighted by atomic mass is 9.69. The van der Waals surface area contributed by atoms with Gasteiger partial charge in [0.25, 0.3) is 0 Å². The first-order valence-electron chi connectivity index (χ1n) is 15.5. The molecule has 3 aliphatic rings. The molecule has 0 atom stereocenters. The van der Waals surface area contributed by atoms with Crippen molar-refractivity contribution in [3.8, 4) is 5.75 Å². The van der Waals surface area contributed by atoms with Crippen LogP contribution in [0.5, 0.6) is 5.75 Å². The van der Waals surface area contributed by atoms with Gasteiger partial charge >= 0.3 is 0 Å². The van der Waals surface area contributed by atoms with Gasteiger partial charge in [-0.1, -0.05) is 77.3 Å². The Morgan fingerprint density at radius 2 is 1.15 bits per heavy atom. The molecule has 0 aliphatic heterocycles. The zero-order chi connectivity index (χ0) is 23.6. The Morgan fingerprint density at radius 3 is 1.74 bits per heavy atom. The van der Waals surface area contributed by atoms with Gasteiger partial charge in [-0.15, -0.1) is 0 Å². The van der Waals surface area contributed by atoms with Gasteiger partial charge in [0, 0.05) is 0 Å². The second-order valence-electron chi connectivity index (χ2n) is 12.4. The van der Waals surface area contributed by atoms with Crippen LogP contribution in [-0.2, 0) is 0 Å². The summed E-state index contributed by atoms with van der Waals surface area (Å²) in [6, 6.07) is 9.23. The van der Waals surface area contributed by atoms with Gasteiger partial charge in [0.2, 0.25) is 0 Å². The second kappa shape index (κ2) is 13.9. The van der Waals surface area contributed by atoms with Crippen molar-refractivity contribution in [1.29, 1.82) is 0 Å². The predicted molar refractivity (Wildman–Crippen MR) is 147 cm³/mol. The predicted octanol–water partition coefficient (Wildman–Crippen LogP) is 10.3. The van der Waals surface area contributed by atoms with Gasteiger partial charge in [0.1, 0.15) is 5.75 Å². The third kappa shape index (κ3) is 7.76. The molecule has 192 valence electrons. The van der Waals surface area contributed by atoms with E-state index >= 15 is 0 Å². The first-order valence-corrected chi connectivity index (χ1v) is 15.5. The van der Waals surface area contributed by atoms with Crippen LogP contribution in [0.25, 0.3) is 0 Å². The highest BCUT2D eigenvalue weighted by molar-refractivity contribution is 5.29. The molecular weight excluding hydrogens is 412 g/mol. The molecule has 1 nitrogen and oxygen atoms in total. The van der Waals surface area contributed by atoms with Gasteiger partial charge in [0.15, 0.2) is 0 Å². The molecule has 4 rings (SSSR count). The summed E-state index contributed by atoms with van der Waals surface area (Å²) in [4.78, 5) is 0. The topological polar surface area (TPSA) is 9.23 Å². The average Bonchev–Trinajstić information content (AvgIpc) is 2.89. The summed E-state index contributed by atoms with van der Waals surface area (Å²) in [5.41, 5.74) is 1.55. The number of hydrogen-bond acceptors (Lipinski definition) is 1. The van der Waals surface area contributed by atoms with Crippen LogP contribution >= 0.6 is 0 Å². The molecule has 0 unspecified atom stereocenters. The first-order chi connectivity index (χ1) is 16.7. The van der Waals surface area contributed by atoms with Crippen molar-refractivity contribution in [2.75, 3.05) is 6.61 Å². The molecule has 0 amide bonds. The average molecular weight is 467 g/mol. The lowest BCUT2D eigenvalue weighted by Gasteiger charge is -2.37. The maximum atomic E-state index is 6.28. The molecule has 1 heteroatoms. The van der Waals surface area contributed by atoms with Crippen molar-refractivity contribution in [2.24, 2.45) is 29.6 Å². The van der Waals surface area contributed by atoms with Crippen LogP contribution in [0, 0.1) is 29.6 Å². The third-order valence-electron chi connectivity index (χ3n) is 10.0. The zero-order valence-electron chi connectivity index (χ0n) is 22.6. The molecule has 0 radical (unpaired) electrons. The normalized spacial score (nSPS) is 32.4. The maximum absolute atomic E-state index is 6.28. The summed E-state index contributed by atoms with van der Waals surface area (Å²) < 4.78 is 6.28. The van der Waals surface area contributed by atoms with Gasteiger partial charge < -0.3 is 4.74 Å². The highest BCUT2D eigenvalue weighted by Gasteiger charge is 2.31. The van der Waals surface area contributed by atoms with E-state index in [4.69, 9.17) is 4.74 Å². The van der Waals surface area contributed by atoms with Crippen molar-refractivity contribution in [2.45, 2.75) is 135 Å². The fourth-order valence-electron chi connectivity index (χ4n) is 7.70. The van der Waals surface area contributed by atoms with Crippen molar-refractivity contribution in [3.63, 3.8) is 0 Å². The van der Waals surface area contributed by atoms with Gasteiger partial charge in [-0.25, -0.2) is 0 Å². The molecule has 1 aromatic carbocycles. The third-order valence-corrected chi connectivity index (χ3v) is 10.0. The van der Waals surface area contributed by atoms with Crippen molar-refractivity contribution < 1.29 is 4.74 Å². The first kappa shape index (κ1) is 26.1. The Morgan fingerprint density at radius 1 is 0.588 bits per heavy atom. The summed E-state index contributed by atoms with van der Waals surface area (Å²) in [7, 11) is 0. The summed E-state index contributed by atoms with van der Waals surface area (Å²) in [5.74, 6) is 6.74. The lowest BCUT2D eigenvalue weighted by Crippen LogP contribution is -2.27. The fraction of sp³-hybridized carbons (Fsp3) is 0.818. The molecule has 3 aliphatic carbocycles. The minimum atomic E-state index is 0.773. The largest absolute Gasteiger partial charge is 0.493 e. The van der Waals surface area contributed by atoms with E-state index in [1.807, 2.05) is 0 Å². The van der Waals surface area contributed by atoms with Crippen LogP contribution in [0.3, 0.4) is 0 Å². The molecule has 0 N–H and O–H groups in total. The van der Waals surface area contributed by atoms with E-state index in [2.05, 4.69) is 38.1 Å². The Hall–Kier alpha value is -0.980. The van der Waals surface area contributed by atoms with E-state index in [-0.39, 0.29) is 0 Å². The summed E-state index contributed by atoms with van der Waals surface area (Å²) in [5, 5.41) is 0. The number of benzene rings is 1. The molecule has 0 heterocycles. The molecule has 0 saturated heterocycles. The Bertz CT molecular complexity index is 654. The molecule has 34 heavy (non-hydrogen) atoms. The van der Waals surface area contributed by atoms with Crippen LogP contribution < -0.4 is 4.74 Å². The standard InChI is InChI=1S/C33H54O/c1-3-5-6-8-27-11-17-30(18-12-27)32-21-23-33(24-22-32)34-25-28-13-19-31(20-14-28)29-15-9-26(7-4-2)10-16-29/h21-24,26-31H,3-20,25H2,1-2H3. The van der Waals surface area contributed by atoms with Gasteiger partial charge in [0.05, 0.1) is 6.61 Å². The zero-order valence-corrected chi connectivity index (χ0v) is 22.6.